The molecule has 0 aromatic carbocycles. The van der Waals surface area contributed by atoms with Crippen LogP contribution in [-0.2, 0) is 4.79 Å². The van der Waals surface area contributed by atoms with Gasteiger partial charge in [-0.05, 0) is 12.3 Å². The minimum Gasteiger partial charge on any atom is -0.291 e. The highest BCUT2D eigenvalue weighted by Crippen LogP contribution is 2.13. The Kier molecular flexibility index (Phi) is 7.54. The van der Waals surface area contributed by atoms with Gasteiger partial charge in [-0.15, -0.1) is 0 Å². The van der Waals surface area contributed by atoms with Crippen LogP contribution in [0.3, 0.4) is 0 Å². The summed E-state index contributed by atoms with van der Waals surface area (Å²) in [5.41, 5.74) is 0. The topological polar surface area (TPSA) is 17.1 Å². The molecule has 0 amide bonds. The van der Waals surface area contributed by atoms with Gasteiger partial charge in [0.15, 0.2) is 6.29 Å². The fraction of sp³-hybridized carbons (Fsp3) is 0.900. The van der Waals surface area contributed by atoms with Crippen LogP contribution in [0.2, 0.25) is 0 Å². The lowest BCUT2D eigenvalue weighted by molar-refractivity contribution is 0.463. The first-order chi connectivity index (χ1) is 5.31. The van der Waals surface area contributed by atoms with E-state index < -0.39 is 0 Å². The first-order valence-electron chi connectivity index (χ1n) is 4.66. The van der Waals surface area contributed by atoms with E-state index in [2.05, 4.69) is 13.8 Å². The summed E-state index contributed by atoms with van der Waals surface area (Å²) < 4.78 is 0. The lowest BCUT2D eigenvalue weighted by Crippen LogP contribution is -1.94. The molecule has 0 rings (SSSR count). The maximum absolute atomic E-state index is 9.91. The second-order valence-electron chi connectivity index (χ2n) is 3.28. The van der Waals surface area contributed by atoms with Crippen LogP contribution >= 0.6 is 0 Å². The number of carbonyl (C=O) groups excluding carboxylic acids is 1. The van der Waals surface area contributed by atoms with E-state index in [1.54, 1.807) is 0 Å². The summed E-state index contributed by atoms with van der Waals surface area (Å²) in [6.07, 6.45) is 8.78. The fourth-order valence-electron chi connectivity index (χ4n) is 1.19. The summed E-state index contributed by atoms with van der Waals surface area (Å²) in [7, 11) is 0. The Morgan fingerprint density at radius 1 is 1.27 bits per heavy atom. The van der Waals surface area contributed by atoms with Crippen molar-refractivity contribution in [1.82, 2.24) is 0 Å². The first kappa shape index (κ1) is 10.7. The van der Waals surface area contributed by atoms with Gasteiger partial charge in [0.05, 0.1) is 0 Å². The average Bonchev–Trinajstić information content (AvgIpc) is 2.01. The van der Waals surface area contributed by atoms with Crippen molar-refractivity contribution >= 4 is 6.29 Å². The quantitative estimate of drug-likeness (QED) is 0.516. The van der Waals surface area contributed by atoms with Crippen LogP contribution in [0.25, 0.3) is 0 Å². The molecule has 0 aliphatic carbocycles. The molecule has 1 radical (unpaired) electrons. The second-order valence-corrected chi connectivity index (χ2v) is 3.28. The molecule has 0 aliphatic heterocycles. The van der Waals surface area contributed by atoms with Gasteiger partial charge in [-0.1, -0.05) is 39.5 Å². The maximum atomic E-state index is 9.91. The summed E-state index contributed by atoms with van der Waals surface area (Å²) >= 11 is 0. The summed E-state index contributed by atoms with van der Waals surface area (Å²) in [5.74, 6) is 0.711. The molecule has 1 atom stereocenters. The van der Waals surface area contributed by atoms with Crippen molar-refractivity contribution in [1.29, 1.82) is 0 Å². The minimum absolute atomic E-state index is 0.618. The lowest BCUT2D eigenvalue weighted by atomic mass is 9.99. The first-order valence-corrected chi connectivity index (χ1v) is 4.66. The van der Waals surface area contributed by atoms with Crippen molar-refractivity contribution in [2.24, 2.45) is 5.92 Å². The van der Waals surface area contributed by atoms with Gasteiger partial charge >= 0.3 is 0 Å². The van der Waals surface area contributed by atoms with Crippen molar-refractivity contribution in [3.63, 3.8) is 0 Å². The Morgan fingerprint density at radius 3 is 2.55 bits per heavy atom. The Balaban J connectivity index is 3.08. The van der Waals surface area contributed by atoms with E-state index >= 15 is 0 Å². The molecule has 0 spiro atoms. The van der Waals surface area contributed by atoms with Gasteiger partial charge in [-0.2, -0.15) is 0 Å². The van der Waals surface area contributed by atoms with Gasteiger partial charge < -0.3 is 0 Å². The molecule has 0 bridgehead atoms. The number of hydrogen-bond acceptors (Lipinski definition) is 1. The molecular formula is C10H19O. The Bertz CT molecular complexity index is 88.9. The molecule has 0 aromatic rings. The third kappa shape index (κ3) is 7.57. The van der Waals surface area contributed by atoms with Crippen molar-refractivity contribution in [2.75, 3.05) is 0 Å². The molecule has 1 nitrogen and oxygen atoms in total. The second kappa shape index (κ2) is 7.77. The van der Waals surface area contributed by atoms with Gasteiger partial charge in [0.25, 0.3) is 0 Å². The molecule has 0 aromatic heterocycles. The predicted molar refractivity (Wildman–Crippen MR) is 48.2 cm³/mol. The molecule has 0 fully saturated rings. The van der Waals surface area contributed by atoms with E-state index in [1.165, 1.54) is 25.7 Å². The van der Waals surface area contributed by atoms with E-state index in [0.29, 0.717) is 12.3 Å². The molecule has 0 aliphatic rings. The normalized spacial score (nSPS) is 12.9. The van der Waals surface area contributed by atoms with Crippen LogP contribution in [0.4, 0.5) is 0 Å². The molecule has 0 heterocycles. The highest BCUT2D eigenvalue weighted by molar-refractivity contribution is 5.50. The summed E-state index contributed by atoms with van der Waals surface area (Å²) in [5, 5.41) is 0. The fourth-order valence-corrected chi connectivity index (χ4v) is 1.19. The van der Waals surface area contributed by atoms with Gasteiger partial charge in [-0.25, -0.2) is 0 Å². The van der Waals surface area contributed by atoms with Crippen LogP contribution in [-0.4, -0.2) is 6.29 Å². The van der Waals surface area contributed by atoms with Gasteiger partial charge in [0.2, 0.25) is 0 Å². The maximum Gasteiger partial charge on any atom is 0.198 e. The van der Waals surface area contributed by atoms with E-state index in [1.807, 2.05) is 6.29 Å². The van der Waals surface area contributed by atoms with Crippen LogP contribution < -0.4 is 0 Å². The number of rotatable bonds is 7. The summed E-state index contributed by atoms with van der Waals surface area (Å²) in [6.45, 7) is 4.43. The molecule has 0 N–H and O–H groups in total. The van der Waals surface area contributed by atoms with Crippen molar-refractivity contribution in [2.45, 2.75) is 52.4 Å². The third-order valence-electron chi connectivity index (χ3n) is 2.04. The zero-order chi connectivity index (χ0) is 8.53. The molecule has 1 heteroatoms. The van der Waals surface area contributed by atoms with Gasteiger partial charge in [0.1, 0.15) is 0 Å². The molecule has 1 unspecified atom stereocenters. The third-order valence-corrected chi connectivity index (χ3v) is 2.04. The lowest BCUT2D eigenvalue weighted by Gasteiger charge is -2.07. The Hall–Kier alpha value is -0.330. The number of hydrogen-bond donors (Lipinski definition) is 0. The molecular weight excluding hydrogens is 136 g/mol. The van der Waals surface area contributed by atoms with Crippen LogP contribution in [0, 0.1) is 5.92 Å². The monoisotopic (exact) mass is 155 g/mol. The van der Waals surface area contributed by atoms with Crippen molar-refractivity contribution in [3.8, 4) is 0 Å². The molecule has 65 valence electrons. The van der Waals surface area contributed by atoms with Crippen molar-refractivity contribution in [3.05, 3.63) is 0 Å². The van der Waals surface area contributed by atoms with Gasteiger partial charge in [0, 0.05) is 6.42 Å². The van der Waals surface area contributed by atoms with Gasteiger partial charge in [-0.3, -0.25) is 4.79 Å². The molecule has 0 saturated carbocycles. The Morgan fingerprint density at radius 2 is 2.00 bits per heavy atom. The van der Waals surface area contributed by atoms with E-state index in [0.717, 1.165) is 6.42 Å². The van der Waals surface area contributed by atoms with E-state index in [-0.39, 0.29) is 0 Å². The summed E-state index contributed by atoms with van der Waals surface area (Å²) in [4.78, 5) is 9.91. The summed E-state index contributed by atoms with van der Waals surface area (Å²) in [6, 6.07) is 0. The minimum atomic E-state index is 0.618. The SMILES string of the molecule is CCCCCC(C)CC[C]=O. The number of unbranched alkanes of at least 4 members (excludes halogenated alkanes) is 2. The molecule has 0 saturated heterocycles. The Labute approximate surface area is 70.2 Å². The highest BCUT2D eigenvalue weighted by atomic mass is 16.1. The van der Waals surface area contributed by atoms with E-state index in [9.17, 15) is 4.79 Å². The van der Waals surface area contributed by atoms with Crippen LogP contribution in [0.15, 0.2) is 0 Å². The average molecular weight is 155 g/mol. The largest absolute Gasteiger partial charge is 0.291 e. The zero-order valence-corrected chi connectivity index (χ0v) is 7.73. The van der Waals surface area contributed by atoms with E-state index in [4.69, 9.17) is 0 Å². The zero-order valence-electron chi connectivity index (χ0n) is 7.73. The highest BCUT2D eigenvalue weighted by Gasteiger charge is 2.00. The van der Waals surface area contributed by atoms with Crippen LogP contribution in [0.5, 0.6) is 0 Å². The standard InChI is InChI=1S/C10H19O/c1-3-4-5-7-10(2)8-6-9-11/h10H,3-8H2,1-2H3. The smallest absolute Gasteiger partial charge is 0.198 e. The molecule has 11 heavy (non-hydrogen) atoms. The van der Waals surface area contributed by atoms with Crippen molar-refractivity contribution < 1.29 is 4.79 Å². The van der Waals surface area contributed by atoms with Crippen LogP contribution in [0.1, 0.15) is 52.4 Å². The predicted octanol–water partition coefficient (Wildman–Crippen LogP) is 3.09.